The highest BCUT2D eigenvalue weighted by atomic mass is 19.3. The third-order valence-corrected chi connectivity index (χ3v) is 4.59. The maximum Gasteiger partial charge on any atom is 0.387 e. The maximum atomic E-state index is 12.9. The van der Waals surface area contributed by atoms with Crippen molar-refractivity contribution in [1.82, 2.24) is 19.7 Å². The Balaban J connectivity index is 1.77. The fraction of sp³-hybridized carbons (Fsp3) is 0.250. The summed E-state index contributed by atoms with van der Waals surface area (Å²) in [6.45, 7) is -1.08. The van der Waals surface area contributed by atoms with E-state index in [1.54, 1.807) is 23.0 Å². The van der Waals surface area contributed by atoms with E-state index in [4.69, 9.17) is 4.74 Å². The van der Waals surface area contributed by atoms with Gasteiger partial charge in [-0.25, -0.2) is 9.67 Å². The summed E-state index contributed by atoms with van der Waals surface area (Å²) < 4.78 is 36.0. The summed E-state index contributed by atoms with van der Waals surface area (Å²) in [4.78, 5) is 18.4. The number of aromatic nitrogens is 3. The minimum atomic E-state index is -2.98. The first-order valence-electron chi connectivity index (χ1n) is 8.75. The first-order valence-corrected chi connectivity index (χ1v) is 8.75. The molecule has 0 saturated carbocycles. The molecule has 152 valence electrons. The first-order chi connectivity index (χ1) is 13.9. The second-order valence-electron chi connectivity index (χ2n) is 6.27. The number of carbonyl (C=O) groups is 1. The van der Waals surface area contributed by atoms with Gasteiger partial charge in [-0.3, -0.25) is 4.79 Å². The van der Waals surface area contributed by atoms with E-state index in [0.717, 1.165) is 11.3 Å². The van der Waals surface area contributed by atoms with Crippen molar-refractivity contribution in [3.63, 3.8) is 0 Å². The number of carbonyl (C=O) groups excluding carboxylic acids is 1. The Bertz CT molecular complexity index is 962. The summed E-state index contributed by atoms with van der Waals surface area (Å²) in [5, 5.41) is 4.08. The normalized spacial score (nSPS) is 11.9. The standard InChI is InChI=1S/C20H20F2N4O3/c1-13(14-4-7-16(8-5-14)26-12-23-11-24-26)25(2)19(27)15-6-9-17(29-20(21)22)18(10-15)28-3/h4-13,20H,1-3H3/t13-/m1/s1. The van der Waals surface area contributed by atoms with Crippen LogP contribution in [-0.4, -0.2) is 46.3 Å². The van der Waals surface area contributed by atoms with E-state index in [0.29, 0.717) is 5.56 Å². The van der Waals surface area contributed by atoms with Gasteiger partial charge >= 0.3 is 6.61 Å². The van der Waals surface area contributed by atoms with E-state index in [1.807, 2.05) is 31.2 Å². The third kappa shape index (κ3) is 4.50. The molecule has 0 radical (unpaired) electrons. The number of amides is 1. The summed E-state index contributed by atoms with van der Waals surface area (Å²) >= 11 is 0. The molecule has 9 heteroatoms. The zero-order valence-electron chi connectivity index (χ0n) is 16.1. The molecular weight excluding hydrogens is 382 g/mol. The molecular formula is C20H20F2N4O3. The van der Waals surface area contributed by atoms with Gasteiger partial charge in [-0.05, 0) is 42.8 Å². The topological polar surface area (TPSA) is 69.5 Å². The summed E-state index contributed by atoms with van der Waals surface area (Å²) in [6, 6.07) is 11.5. The van der Waals surface area contributed by atoms with E-state index in [9.17, 15) is 13.6 Å². The number of benzene rings is 2. The third-order valence-electron chi connectivity index (χ3n) is 4.59. The van der Waals surface area contributed by atoms with Crippen LogP contribution in [0.15, 0.2) is 55.1 Å². The molecule has 1 heterocycles. The Morgan fingerprint density at radius 2 is 1.86 bits per heavy atom. The largest absolute Gasteiger partial charge is 0.493 e. The molecule has 0 N–H and O–H groups in total. The Kier molecular flexibility index (Phi) is 6.06. The van der Waals surface area contributed by atoms with Crippen LogP contribution < -0.4 is 9.47 Å². The Labute approximate surface area is 166 Å². The molecule has 0 unspecified atom stereocenters. The zero-order chi connectivity index (χ0) is 21.0. The van der Waals surface area contributed by atoms with Gasteiger partial charge in [0.25, 0.3) is 5.91 Å². The molecule has 0 fully saturated rings. The lowest BCUT2D eigenvalue weighted by Gasteiger charge is -2.26. The summed E-state index contributed by atoms with van der Waals surface area (Å²) in [5.41, 5.74) is 2.08. The quantitative estimate of drug-likeness (QED) is 0.603. The molecule has 3 rings (SSSR count). The molecule has 3 aromatic rings. The number of alkyl halides is 2. The van der Waals surface area contributed by atoms with Gasteiger partial charge in [-0.15, -0.1) is 0 Å². The lowest BCUT2D eigenvalue weighted by molar-refractivity contribution is -0.0512. The van der Waals surface area contributed by atoms with Gasteiger partial charge in [0.1, 0.15) is 12.7 Å². The van der Waals surface area contributed by atoms with Crippen LogP contribution in [0.3, 0.4) is 0 Å². The van der Waals surface area contributed by atoms with E-state index < -0.39 is 6.61 Å². The van der Waals surface area contributed by atoms with Crippen LogP contribution in [0.2, 0.25) is 0 Å². The molecule has 1 aromatic heterocycles. The van der Waals surface area contributed by atoms with Gasteiger partial charge in [-0.1, -0.05) is 12.1 Å². The Hall–Kier alpha value is -3.49. The van der Waals surface area contributed by atoms with Crippen LogP contribution in [-0.2, 0) is 0 Å². The fourth-order valence-corrected chi connectivity index (χ4v) is 2.84. The fourth-order valence-electron chi connectivity index (χ4n) is 2.84. The van der Waals surface area contributed by atoms with Crippen molar-refractivity contribution in [3.05, 3.63) is 66.2 Å². The van der Waals surface area contributed by atoms with Crippen LogP contribution >= 0.6 is 0 Å². The summed E-state index contributed by atoms with van der Waals surface area (Å²) in [5.74, 6) is -0.340. The van der Waals surface area contributed by atoms with Crippen molar-refractivity contribution < 1.29 is 23.0 Å². The average Bonchev–Trinajstić information content (AvgIpc) is 3.27. The maximum absolute atomic E-state index is 12.9. The molecule has 0 bridgehead atoms. The van der Waals surface area contributed by atoms with Crippen molar-refractivity contribution in [2.45, 2.75) is 19.6 Å². The van der Waals surface area contributed by atoms with Gasteiger partial charge in [0.05, 0.1) is 18.8 Å². The van der Waals surface area contributed by atoms with Crippen molar-refractivity contribution >= 4 is 5.91 Å². The number of methoxy groups -OCH3 is 1. The van der Waals surface area contributed by atoms with Crippen LogP contribution in [0.5, 0.6) is 11.5 Å². The van der Waals surface area contributed by atoms with E-state index in [-0.39, 0.29) is 23.4 Å². The number of halogens is 2. The molecule has 29 heavy (non-hydrogen) atoms. The van der Waals surface area contributed by atoms with Gasteiger partial charge in [0.2, 0.25) is 0 Å². The lowest BCUT2D eigenvalue weighted by Crippen LogP contribution is -2.29. The molecule has 0 aliphatic heterocycles. The van der Waals surface area contributed by atoms with Crippen molar-refractivity contribution in [2.24, 2.45) is 0 Å². The molecule has 0 spiro atoms. The van der Waals surface area contributed by atoms with Crippen LogP contribution in [0.1, 0.15) is 28.9 Å². The molecule has 0 saturated heterocycles. The molecule has 7 nitrogen and oxygen atoms in total. The predicted octanol–water partition coefficient (Wildman–Crippen LogP) is 3.71. The monoisotopic (exact) mass is 402 g/mol. The van der Waals surface area contributed by atoms with Gasteiger partial charge in [0, 0.05) is 12.6 Å². The van der Waals surface area contributed by atoms with E-state index >= 15 is 0 Å². The van der Waals surface area contributed by atoms with Crippen LogP contribution in [0.25, 0.3) is 5.69 Å². The number of rotatable bonds is 7. The highest BCUT2D eigenvalue weighted by Crippen LogP contribution is 2.31. The van der Waals surface area contributed by atoms with E-state index in [1.165, 1.54) is 31.6 Å². The molecule has 0 aliphatic carbocycles. The highest BCUT2D eigenvalue weighted by molar-refractivity contribution is 5.95. The van der Waals surface area contributed by atoms with Gasteiger partial charge in [-0.2, -0.15) is 13.9 Å². The van der Waals surface area contributed by atoms with Gasteiger partial charge in [0.15, 0.2) is 11.5 Å². The van der Waals surface area contributed by atoms with Crippen molar-refractivity contribution in [1.29, 1.82) is 0 Å². The zero-order valence-corrected chi connectivity index (χ0v) is 16.1. The molecule has 2 aromatic carbocycles. The Morgan fingerprint density at radius 3 is 2.45 bits per heavy atom. The Morgan fingerprint density at radius 1 is 1.14 bits per heavy atom. The van der Waals surface area contributed by atoms with Crippen LogP contribution in [0, 0.1) is 0 Å². The van der Waals surface area contributed by atoms with Gasteiger partial charge < -0.3 is 14.4 Å². The molecule has 1 atom stereocenters. The summed E-state index contributed by atoms with van der Waals surface area (Å²) in [6.07, 6.45) is 3.05. The summed E-state index contributed by atoms with van der Waals surface area (Å²) in [7, 11) is 3.00. The van der Waals surface area contributed by atoms with E-state index in [2.05, 4.69) is 14.8 Å². The number of hydrogen-bond donors (Lipinski definition) is 0. The minimum Gasteiger partial charge on any atom is -0.493 e. The predicted molar refractivity (Wildman–Crippen MR) is 101 cm³/mol. The number of nitrogens with zero attached hydrogens (tertiary/aromatic N) is 4. The molecule has 0 aliphatic rings. The average molecular weight is 402 g/mol. The highest BCUT2D eigenvalue weighted by Gasteiger charge is 2.21. The lowest BCUT2D eigenvalue weighted by atomic mass is 10.1. The minimum absolute atomic E-state index is 0.0642. The van der Waals surface area contributed by atoms with Crippen molar-refractivity contribution in [2.75, 3.05) is 14.2 Å². The number of hydrogen-bond acceptors (Lipinski definition) is 5. The number of ether oxygens (including phenoxy) is 2. The smallest absolute Gasteiger partial charge is 0.387 e. The van der Waals surface area contributed by atoms with Crippen molar-refractivity contribution in [3.8, 4) is 17.2 Å². The SMILES string of the molecule is COc1cc(C(=O)N(C)[C@H](C)c2ccc(-n3cncn3)cc2)ccc1OC(F)F. The molecule has 1 amide bonds. The van der Waals surface area contributed by atoms with Crippen LogP contribution in [0.4, 0.5) is 8.78 Å². The second-order valence-corrected chi connectivity index (χ2v) is 6.27. The second kappa shape index (κ2) is 8.68. The first kappa shape index (κ1) is 20.2.